The summed E-state index contributed by atoms with van der Waals surface area (Å²) in [7, 11) is 0. The van der Waals surface area contributed by atoms with Crippen LogP contribution in [0.25, 0.3) is 21.5 Å². The molecule has 3 aromatic rings. The van der Waals surface area contributed by atoms with E-state index in [0.717, 1.165) is 32.2 Å². The largest absolute Gasteiger partial charge is 0.481 e. The van der Waals surface area contributed by atoms with Crippen LogP contribution in [-0.2, 0) is 11.2 Å². The van der Waals surface area contributed by atoms with E-state index in [0.29, 0.717) is 6.42 Å². The molecular weight excluding hydrogens is 433 g/mol. The molecule has 3 rings (SSSR count). The lowest BCUT2D eigenvalue weighted by Gasteiger charge is -2.03. The van der Waals surface area contributed by atoms with Crippen LogP contribution in [0.5, 0.6) is 0 Å². The van der Waals surface area contributed by atoms with Crippen LogP contribution in [-0.4, -0.2) is 16.1 Å². The highest BCUT2D eigenvalue weighted by molar-refractivity contribution is 14.1. The molecular formula is C16H13ClINO2S. The first-order valence-corrected chi connectivity index (χ1v) is 9.09. The molecule has 0 amide bonds. The number of H-pyrrole nitrogens is 1. The Hall–Kier alpha value is -1.05. The summed E-state index contributed by atoms with van der Waals surface area (Å²) in [6.45, 7) is 0. The molecule has 114 valence electrons. The third kappa shape index (κ3) is 3.31. The van der Waals surface area contributed by atoms with E-state index in [1.807, 2.05) is 12.1 Å². The quantitative estimate of drug-likeness (QED) is 0.505. The van der Waals surface area contributed by atoms with E-state index in [-0.39, 0.29) is 6.42 Å². The van der Waals surface area contributed by atoms with Gasteiger partial charge in [0.05, 0.1) is 14.9 Å². The predicted octanol–water partition coefficient (Wildman–Crippen LogP) is 5.56. The molecule has 0 spiro atoms. The van der Waals surface area contributed by atoms with Crippen molar-refractivity contribution < 1.29 is 9.90 Å². The van der Waals surface area contributed by atoms with Crippen molar-refractivity contribution in [2.45, 2.75) is 19.3 Å². The molecule has 6 heteroatoms. The standard InChI is InChI=1S/C16H13ClINO2S/c17-14-7-6-13(22-14)16-10(2-1-3-15(20)21)11-8-9(18)4-5-12(11)19-16/h4-8,19H,1-3H2,(H,20,21). The topological polar surface area (TPSA) is 53.1 Å². The minimum atomic E-state index is -0.755. The third-order valence-corrected chi connectivity index (χ3v) is 5.42. The Kier molecular flexibility index (Phi) is 4.75. The van der Waals surface area contributed by atoms with Crippen LogP contribution in [0.3, 0.4) is 0 Å². The van der Waals surface area contributed by atoms with E-state index in [4.69, 9.17) is 16.7 Å². The predicted molar refractivity (Wildman–Crippen MR) is 99.9 cm³/mol. The van der Waals surface area contributed by atoms with Crippen LogP contribution in [0.2, 0.25) is 4.34 Å². The molecule has 0 aliphatic rings. The first-order valence-electron chi connectivity index (χ1n) is 6.82. The lowest BCUT2D eigenvalue weighted by molar-refractivity contribution is -0.137. The number of aryl methyl sites for hydroxylation is 1. The summed E-state index contributed by atoms with van der Waals surface area (Å²) in [4.78, 5) is 15.3. The van der Waals surface area contributed by atoms with Crippen molar-refractivity contribution >= 4 is 62.4 Å². The Morgan fingerprint density at radius 1 is 1.32 bits per heavy atom. The van der Waals surface area contributed by atoms with Gasteiger partial charge in [-0.15, -0.1) is 11.3 Å². The summed E-state index contributed by atoms with van der Waals surface area (Å²) in [6, 6.07) is 10.2. The number of nitrogens with one attached hydrogen (secondary N) is 1. The normalized spacial score (nSPS) is 11.2. The van der Waals surface area contributed by atoms with Crippen LogP contribution in [0.15, 0.2) is 30.3 Å². The summed E-state index contributed by atoms with van der Waals surface area (Å²) in [5.74, 6) is -0.755. The minimum absolute atomic E-state index is 0.182. The van der Waals surface area contributed by atoms with Crippen molar-refractivity contribution in [2.24, 2.45) is 0 Å². The number of halogens is 2. The van der Waals surface area contributed by atoms with Gasteiger partial charge in [0.25, 0.3) is 0 Å². The number of benzene rings is 1. The highest BCUT2D eigenvalue weighted by Crippen LogP contribution is 2.37. The number of fused-ring (bicyclic) bond motifs is 1. The number of hydrogen-bond donors (Lipinski definition) is 2. The van der Waals surface area contributed by atoms with E-state index < -0.39 is 5.97 Å². The molecule has 0 aliphatic carbocycles. The summed E-state index contributed by atoms with van der Waals surface area (Å²) in [5, 5.41) is 10.0. The van der Waals surface area contributed by atoms with E-state index in [1.165, 1.54) is 20.5 Å². The van der Waals surface area contributed by atoms with Crippen molar-refractivity contribution in [1.82, 2.24) is 4.98 Å². The summed E-state index contributed by atoms with van der Waals surface area (Å²) >= 11 is 9.88. The van der Waals surface area contributed by atoms with Gasteiger partial charge in [0, 0.05) is 20.9 Å². The number of aliphatic carboxylic acids is 1. The van der Waals surface area contributed by atoms with Gasteiger partial charge >= 0.3 is 5.97 Å². The van der Waals surface area contributed by atoms with Gasteiger partial charge in [0.1, 0.15) is 0 Å². The molecule has 1 aromatic carbocycles. The molecule has 0 unspecified atom stereocenters. The number of hydrogen-bond acceptors (Lipinski definition) is 2. The summed E-state index contributed by atoms with van der Waals surface area (Å²) in [6.07, 6.45) is 1.54. The number of thiophene rings is 1. The summed E-state index contributed by atoms with van der Waals surface area (Å²) < 4.78 is 1.92. The Morgan fingerprint density at radius 3 is 2.82 bits per heavy atom. The molecule has 0 fully saturated rings. The number of carboxylic acid groups (broad SMARTS) is 1. The van der Waals surface area contributed by atoms with Gasteiger partial charge in [-0.2, -0.15) is 0 Å². The van der Waals surface area contributed by atoms with Gasteiger partial charge in [-0.05, 0) is 71.3 Å². The van der Waals surface area contributed by atoms with Crippen molar-refractivity contribution in [1.29, 1.82) is 0 Å². The van der Waals surface area contributed by atoms with Crippen molar-refractivity contribution in [3.8, 4) is 10.6 Å². The molecule has 22 heavy (non-hydrogen) atoms. The highest BCUT2D eigenvalue weighted by Gasteiger charge is 2.15. The molecule has 3 nitrogen and oxygen atoms in total. The molecule has 0 radical (unpaired) electrons. The molecule has 0 aliphatic heterocycles. The Balaban J connectivity index is 2.07. The number of aromatic nitrogens is 1. The number of rotatable bonds is 5. The van der Waals surface area contributed by atoms with Crippen LogP contribution in [0.1, 0.15) is 18.4 Å². The van der Waals surface area contributed by atoms with E-state index in [1.54, 1.807) is 0 Å². The van der Waals surface area contributed by atoms with E-state index in [2.05, 4.69) is 45.8 Å². The monoisotopic (exact) mass is 445 g/mol. The molecule has 2 aromatic heterocycles. The number of carboxylic acids is 1. The number of carbonyl (C=O) groups is 1. The molecule has 2 N–H and O–H groups in total. The third-order valence-electron chi connectivity index (χ3n) is 3.51. The zero-order valence-electron chi connectivity index (χ0n) is 11.5. The maximum atomic E-state index is 10.8. The van der Waals surface area contributed by atoms with Crippen LogP contribution < -0.4 is 0 Å². The average Bonchev–Trinajstić information content (AvgIpc) is 3.03. The molecule has 2 heterocycles. The Morgan fingerprint density at radius 2 is 2.14 bits per heavy atom. The van der Waals surface area contributed by atoms with Crippen molar-refractivity contribution in [3.63, 3.8) is 0 Å². The second-order valence-electron chi connectivity index (χ2n) is 5.02. The second-order valence-corrected chi connectivity index (χ2v) is 7.98. The van der Waals surface area contributed by atoms with Crippen molar-refractivity contribution in [2.75, 3.05) is 0 Å². The lowest BCUT2D eigenvalue weighted by atomic mass is 10.0. The molecule has 0 bridgehead atoms. The average molecular weight is 446 g/mol. The Labute approximate surface area is 150 Å². The molecule has 0 saturated carbocycles. The van der Waals surface area contributed by atoms with Crippen LogP contribution in [0, 0.1) is 3.57 Å². The van der Waals surface area contributed by atoms with Gasteiger partial charge in [-0.25, -0.2) is 0 Å². The zero-order chi connectivity index (χ0) is 15.7. The van der Waals surface area contributed by atoms with Gasteiger partial charge in [0.15, 0.2) is 0 Å². The SMILES string of the molecule is O=C(O)CCCc1c(-c2ccc(Cl)s2)[nH]c2ccc(I)cc12. The zero-order valence-corrected chi connectivity index (χ0v) is 15.3. The van der Waals surface area contributed by atoms with Crippen LogP contribution >= 0.6 is 45.5 Å². The van der Waals surface area contributed by atoms with E-state index in [9.17, 15) is 4.79 Å². The minimum Gasteiger partial charge on any atom is -0.481 e. The maximum absolute atomic E-state index is 10.8. The van der Waals surface area contributed by atoms with Gasteiger partial charge in [-0.1, -0.05) is 11.6 Å². The smallest absolute Gasteiger partial charge is 0.303 e. The van der Waals surface area contributed by atoms with E-state index >= 15 is 0 Å². The van der Waals surface area contributed by atoms with Gasteiger partial charge in [-0.3, -0.25) is 4.79 Å². The van der Waals surface area contributed by atoms with Crippen LogP contribution in [0.4, 0.5) is 0 Å². The van der Waals surface area contributed by atoms with Gasteiger partial charge in [0.2, 0.25) is 0 Å². The first-order chi connectivity index (χ1) is 10.5. The molecule has 0 saturated heterocycles. The maximum Gasteiger partial charge on any atom is 0.303 e. The fourth-order valence-corrected chi connectivity index (χ4v) is 4.12. The fourth-order valence-electron chi connectivity index (χ4n) is 2.55. The second kappa shape index (κ2) is 6.60. The highest BCUT2D eigenvalue weighted by atomic mass is 127. The van der Waals surface area contributed by atoms with Crippen molar-refractivity contribution in [3.05, 3.63) is 43.8 Å². The number of aromatic amines is 1. The van der Waals surface area contributed by atoms with Gasteiger partial charge < -0.3 is 10.1 Å². The fraction of sp³-hybridized carbons (Fsp3) is 0.188. The molecule has 0 atom stereocenters. The Bertz CT molecular complexity index is 840. The first kappa shape index (κ1) is 15.8. The summed E-state index contributed by atoms with van der Waals surface area (Å²) in [5.41, 5.74) is 3.30. The lowest BCUT2D eigenvalue weighted by Crippen LogP contribution is -1.96.